The molecule has 19 heavy (non-hydrogen) atoms. The third-order valence-electron chi connectivity index (χ3n) is 2.86. The molecule has 0 fully saturated rings. The first-order valence-electron chi connectivity index (χ1n) is 6.04. The van der Waals surface area contributed by atoms with Crippen LogP contribution in [-0.4, -0.2) is 35.6 Å². The van der Waals surface area contributed by atoms with Gasteiger partial charge in [-0.1, -0.05) is 6.92 Å². The maximum atomic E-state index is 11.9. The molecule has 1 heterocycles. The average Bonchev–Trinajstić information content (AvgIpc) is 2.70. The van der Waals surface area contributed by atoms with E-state index in [0.29, 0.717) is 12.4 Å². The van der Waals surface area contributed by atoms with Crippen LogP contribution in [0, 0.1) is 12.8 Å². The molecule has 7 nitrogen and oxygen atoms in total. The fourth-order valence-electron chi connectivity index (χ4n) is 1.54. The van der Waals surface area contributed by atoms with Gasteiger partial charge in [-0.25, -0.2) is 18.1 Å². The molecule has 0 aliphatic rings. The van der Waals surface area contributed by atoms with Crippen LogP contribution in [0.1, 0.15) is 26.1 Å². The molecule has 2 N–H and O–H groups in total. The number of imidazole rings is 1. The summed E-state index contributed by atoms with van der Waals surface area (Å²) in [6.07, 6.45) is 1.71. The zero-order valence-corrected chi connectivity index (χ0v) is 12.1. The summed E-state index contributed by atoms with van der Waals surface area (Å²) in [4.78, 5) is 14.6. The van der Waals surface area contributed by atoms with Crippen LogP contribution in [0.2, 0.25) is 0 Å². The van der Waals surface area contributed by atoms with Crippen LogP contribution in [0.3, 0.4) is 0 Å². The number of sulfonamides is 1. The molecule has 1 aromatic rings. The van der Waals surface area contributed by atoms with E-state index in [4.69, 9.17) is 5.11 Å². The first kappa shape index (κ1) is 15.6. The van der Waals surface area contributed by atoms with Crippen LogP contribution in [0.25, 0.3) is 0 Å². The van der Waals surface area contributed by atoms with Gasteiger partial charge in [-0.05, 0) is 20.3 Å². The molecular formula is C11H19N3O4S. The van der Waals surface area contributed by atoms with Crippen LogP contribution < -0.4 is 4.72 Å². The Kier molecular flexibility index (Phi) is 5.07. The molecule has 0 bridgehead atoms. The number of aromatic nitrogens is 2. The van der Waals surface area contributed by atoms with Gasteiger partial charge in [0.25, 0.3) is 10.0 Å². The summed E-state index contributed by atoms with van der Waals surface area (Å²) in [5, 5.41) is 8.67. The second-order valence-corrected chi connectivity index (χ2v) is 6.05. The van der Waals surface area contributed by atoms with Crippen LogP contribution in [0.5, 0.6) is 0 Å². The highest BCUT2D eigenvalue weighted by molar-refractivity contribution is 7.89. The van der Waals surface area contributed by atoms with Crippen LogP contribution >= 0.6 is 0 Å². The Labute approximate surface area is 112 Å². The van der Waals surface area contributed by atoms with Crippen molar-refractivity contribution in [3.8, 4) is 0 Å². The first-order chi connectivity index (χ1) is 8.77. The van der Waals surface area contributed by atoms with E-state index in [-0.39, 0.29) is 18.0 Å². The second kappa shape index (κ2) is 6.16. The van der Waals surface area contributed by atoms with Crippen molar-refractivity contribution < 1.29 is 18.3 Å². The van der Waals surface area contributed by atoms with Gasteiger partial charge < -0.3 is 9.67 Å². The number of nitrogens with zero attached hydrogens (tertiary/aromatic N) is 2. The molecule has 0 saturated carbocycles. The van der Waals surface area contributed by atoms with Crippen molar-refractivity contribution in [2.45, 2.75) is 38.8 Å². The lowest BCUT2D eigenvalue weighted by molar-refractivity contribution is -0.141. The van der Waals surface area contributed by atoms with E-state index < -0.39 is 21.9 Å². The molecule has 8 heteroatoms. The summed E-state index contributed by atoms with van der Waals surface area (Å²) in [6, 6.07) is 0. The van der Waals surface area contributed by atoms with E-state index in [2.05, 4.69) is 9.71 Å². The lowest BCUT2D eigenvalue weighted by Gasteiger charge is -2.07. The van der Waals surface area contributed by atoms with Gasteiger partial charge >= 0.3 is 5.97 Å². The molecule has 108 valence electrons. The van der Waals surface area contributed by atoms with Gasteiger partial charge in [-0.2, -0.15) is 0 Å². The molecule has 1 unspecified atom stereocenters. The summed E-state index contributed by atoms with van der Waals surface area (Å²) in [5.41, 5.74) is 0. The van der Waals surface area contributed by atoms with Crippen LogP contribution in [-0.2, 0) is 21.4 Å². The zero-order chi connectivity index (χ0) is 14.6. The minimum atomic E-state index is -3.67. The third kappa shape index (κ3) is 4.03. The summed E-state index contributed by atoms with van der Waals surface area (Å²) >= 11 is 0. The van der Waals surface area contributed by atoms with Crippen molar-refractivity contribution in [2.75, 3.05) is 6.54 Å². The number of aryl methyl sites for hydroxylation is 2. The number of carboxylic acid groups (broad SMARTS) is 1. The van der Waals surface area contributed by atoms with E-state index in [0.717, 1.165) is 0 Å². The Morgan fingerprint density at radius 2 is 2.21 bits per heavy atom. The Bertz CT molecular complexity index is 550. The van der Waals surface area contributed by atoms with Crippen molar-refractivity contribution in [3.05, 3.63) is 12.0 Å². The highest BCUT2D eigenvalue weighted by Gasteiger charge is 2.19. The third-order valence-corrected chi connectivity index (χ3v) is 4.19. The molecule has 0 aromatic carbocycles. The number of rotatable bonds is 7. The lowest BCUT2D eigenvalue weighted by Crippen LogP contribution is -2.27. The molecule has 0 aliphatic heterocycles. The highest BCUT2D eigenvalue weighted by Crippen LogP contribution is 2.09. The van der Waals surface area contributed by atoms with Gasteiger partial charge in [0.05, 0.1) is 5.92 Å². The van der Waals surface area contributed by atoms with E-state index in [1.807, 2.05) is 6.92 Å². The lowest BCUT2D eigenvalue weighted by atomic mass is 10.1. The Hall–Kier alpha value is -1.41. The Balaban J connectivity index is 2.68. The molecule has 0 spiro atoms. The quantitative estimate of drug-likeness (QED) is 0.765. The van der Waals surface area contributed by atoms with Crippen LogP contribution in [0.15, 0.2) is 11.2 Å². The van der Waals surface area contributed by atoms with Gasteiger partial charge in [0.1, 0.15) is 5.82 Å². The smallest absolute Gasteiger partial charge is 0.306 e. The second-order valence-electron chi connectivity index (χ2n) is 4.34. The van der Waals surface area contributed by atoms with E-state index in [1.54, 1.807) is 11.5 Å². The summed E-state index contributed by atoms with van der Waals surface area (Å²) < 4.78 is 28.0. The standard InChI is InChI=1S/C11H19N3O4S/c1-4-14-7-10(13-9(14)3)19(17,18)12-6-5-8(2)11(15)16/h7-8,12H,4-6H2,1-3H3,(H,15,16). The fourth-order valence-corrected chi connectivity index (χ4v) is 2.59. The minimum Gasteiger partial charge on any atom is -0.481 e. The van der Waals surface area contributed by atoms with Crippen molar-refractivity contribution >= 4 is 16.0 Å². The van der Waals surface area contributed by atoms with Crippen molar-refractivity contribution in [3.63, 3.8) is 0 Å². The van der Waals surface area contributed by atoms with Gasteiger partial charge in [-0.3, -0.25) is 4.79 Å². The number of carbonyl (C=O) groups is 1. The zero-order valence-electron chi connectivity index (χ0n) is 11.3. The largest absolute Gasteiger partial charge is 0.481 e. The number of nitrogens with one attached hydrogen (secondary N) is 1. The summed E-state index contributed by atoms with van der Waals surface area (Å²) in [6.45, 7) is 5.88. The first-order valence-corrected chi connectivity index (χ1v) is 7.52. The van der Waals surface area contributed by atoms with E-state index in [9.17, 15) is 13.2 Å². The molecule has 1 aromatic heterocycles. The molecule has 1 atom stereocenters. The molecule has 0 saturated heterocycles. The molecule has 0 aliphatic carbocycles. The highest BCUT2D eigenvalue weighted by atomic mass is 32.2. The summed E-state index contributed by atoms with van der Waals surface area (Å²) in [5.74, 6) is -0.898. The molecule has 0 amide bonds. The fraction of sp³-hybridized carbons (Fsp3) is 0.636. The van der Waals surface area contributed by atoms with Gasteiger partial charge in [-0.15, -0.1) is 0 Å². The number of hydrogen-bond acceptors (Lipinski definition) is 4. The normalized spacial score (nSPS) is 13.4. The maximum absolute atomic E-state index is 11.9. The Morgan fingerprint density at radius 3 is 2.68 bits per heavy atom. The van der Waals surface area contributed by atoms with Crippen molar-refractivity contribution in [2.24, 2.45) is 5.92 Å². The number of hydrogen-bond donors (Lipinski definition) is 2. The molecular weight excluding hydrogens is 270 g/mol. The monoisotopic (exact) mass is 289 g/mol. The van der Waals surface area contributed by atoms with Crippen molar-refractivity contribution in [1.82, 2.24) is 14.3 Å². The molecule has 1 rings (SSSR count). The minimum absolute atomic E-state index is 0.0326. The average molecular weight is 289 g/mol. The van der Waals surface area contributed by atoms with E-state index in [1.165, 1.54) is 13.1 Å². The molecule has 0 radical (unpaired) electrons. The maximum Gasteiger partial charge on any atom is 0.306 e. The number of carboxylic acids is 1. The van der Waals surface area contributed by atoms with Gasteiger partial charge in [0, 0.05) is 19.3 Å². The van der Waals surface area contributed by atoms with Gasteiger partial charge in [0.2, 0.25) is 0 Å². The number of aliphatic carboxylic acids is 1. The summed E-state index contributed by atoms with van der Waals surface area (Å²) in [7, 11) is -3.67. The predicted octanol–water partition coefficient (Wildman–Crippen LogP) is 0.601. The van der Waals surface area contributed by atoms with Gasteiger partial charge in [0.15, 0.2) is 5.03 Å². The van der Waals surface area contributed by atoms with Crippen LogP contribution in [0.4, 0.5) is 0 Å². The topological polar surface area (TPSA) is 101 Å². The van der Waals surface area contributed by atoms with Crippen molar-refractivity contribution in [1.29, 1.82) is 0 Å². The SMILES string of the molecule is CCn1cc(S(=O)(=O)NCCC(C)C(=O)O)nc1C. The van der Waals surface area contributed by atoms with E-state index >= 15 is 0 Å². The Morgan fingerprint density at radius 1 is 1.58 bits per heavy atom. The predicted molar refractivity (Wildman–Crippen MR) is 69.2 cm³/mol.